The molecule has 2 aromatic rings. The molecule has 0 N–H and O–H groups in total. The number of hydrogen-bond acceptors (Lipinski definition) is 3. The molecule has 0 aromatic heterocycles. The van der Waals surface area contributed by atoms with Crippen molar-refractivity contribution in [1.29, 1.82) is 0 Å². The highest BCUT2D eigenvalue weighted by atomic mass is 16.6. The van der Waals surface area contributed by atoms with Gasteiger partial charge in [0, 0.05) is 31.2 Å². The molecule has 5 heteroatoms. The first-order chi connectivity index (χ1) is 14.2. The third-order valence-corrected chi connectivity index (χ3v) is 5.88. The number of nitrogens with zero attached hydrogens (tertiary/aromatic N) is 2. The molecule has 2 heterocycles. The fourth-order valence-corrected chi connectivity index (χ4v) is 4.29. The lowest BCUT2D eigenvalue weighted by molar-refractivity contribution is 0.0224. The largest absolute Gasteiger partial charge is 0.444 e. The Morgan fingerprint density at radius 2 is 1.70 bits per heavy atom. The van der Waals surface area contributed by atoms with Crippen molar-refractivity contribution in [2.45, 2.75) is 65.3 Å². The predicted molar refractivity (Wildman–Crippen MR) is 116 cm³/mol. The zero-order chi connectivity index (χ0) is 21.5. The van der Waals surface area contributed by atoms with Crippen LogP contribution in [-0.2, 0) is 30.7 Å². The summed E-state index contributed by atoms with van der Waals surface area (Å²) in [6.45, 7) is 9.47. The van der Waals surface area contributed by atoms with Crippen molar-refractivity contribution >= 4 is 12.0 Å². The van der Waals surface area contributed by atoms with Crippen LogP contribution in [0.3, 0.4) is 0 Å². The maximum atomic E-state index is 13.3. The number of benzene rings is 2. The Kier molecular flexibility index (Phi) is 5.31. The first-order valence-corrected chi connectivity index (χ1v) is 10.7. The van der Waals surface area contributed by atoms with Gasteiger partial charge in [-0.3, -0.25) is 4.79 Å². The number of amides is 2. The van der Waals surface area contributed by atoms with Crippen molar-refractivity contribution in [1.82, 2.24) is 9.80 Å². The van der Waals surface area contributed by atoms with Gasteiger partial charge in [0.1, 0.15) is 5.60 Å². The first-order valence-electron chi connectivity index (χ1n) is 10.7. The molecular formula is C25H30N2O3. The Hall–Kier alpha value is -2.82. The quantitative estimate of drug-likeness (QED) is 0.697. The third kappa shape index (κ3) is 4.20. The van der Waals surface area contributed by atoms with Gasteiger partial charge in [-0.2, -0.15) is 0 Å². The van der Waals surface area contributed by atoms with Gasteiger partial charge in [-0.15, -0.1) is 0 Å². The molecule has 0 unspecified atom stereocenters. The van der Waals surface area contributed by atoms with Crippen LogP contribution in [0, 0.1) is 0 Å². The Morgan fingerprint density at radius 1 is 0.967 bits per heavy atom. The highest BCUT2D eigenvalue weighted by Gasteiger charge is 2.29. The van der Waals surface area contributed by atoms with Crippen LogP contribution in [0.15, 0.2) is 42.5 Å². The second-order valence-electron chi connectivity index (χ2n) is 9.39. The SMILES string of the molecule is C[C@@H]1Cc2ccccc2CN1C(=O)c1ccc2c(c1)CN(C(=O)OC(C)(C)C)CC2. The third-order valence-electron chi connectivity index (χ3n) is 5.88. The fourth-order valence-electron chi connectivity index (χ4n) is 4.29. The summed E-state index contributed by atoms with van der Waals surface area (Å²) in [6, 6.07) is 14.4. The van der Waals surface area contributed by atoms with Crippen LogP contribution in [0.4, 0.5) is 4.79 Å². The lowest BCUT2D eigenvalue weighted by atomic mass is 9.93. The van der Waals surface area contributed by atoms with Gasteiger partial charge in [0.25, 0.3) is 5.91 Å². The Bertz CT molecular complexity index is 977. The van der Waals surface area contributed by atoms with Gasteiger partial charge in [0.05, 0.1) is 0 Å². The summed E-state index contributed by atoms with van der Waals surface area (Å²) >= 11 is 0. The van der Waals surface area contributed by atoms with Crippen LogP contribution < -0.4 is 0 Å². The van der Waals surface area contributed by atoms with E-state index in [1.54, 1.807) is 4.90 Å². The second kappa shape index (κ2) is 7.78. The average Bonchev–Trinajstić information content (AvgIpc) is 2.70. The maximum absolute atomic E-state index is 13.3. The van der Waals surface area contributed by atoms with Crippen LogP contribution in [-0.4, -0.2) is 40.0 Å². The Morgan fingerprint density at radius 3 is 2.43 bits per heavy atom. The van der Waals surface area contributed by atoms with Gasteiger partial charge in [-0.05, 0) is 74.9 Å². The summed E-state index contributed by atoms with van der Waals surface area (Å²) < 4.78 is 5.52. The van der Waals surface area contributed by atoms with Crippen LogP contribution in [0.5, 0.6) is 0 Å². The summed E-state index contributed by atoms with van der Waals surface area (Å²) in [6.07, 6.45) is 1.35. The molecule has 158 valence electrons. The van der Waals surface area contributed by atoms with E-state index in [4.69, 9.17) is 4.74 Å². The molecule has 0 fully saturated rings. The topological polar surface area (TPSA) is 49.9 Å². The lowest BCUT2D eigenvalue weighted by Crippen LogP contribution is -2.43. The molecule has 0 saturated carbocycles. The Labute approximate surface area is 178 Å². The minimum absolute atomic E-state index is 0.0502. The van der Waals surface area contributed by atoms with Crippen molar-refractivity contribution in [3.8, 4) is 0 Å². The van der Waals surface area contributed by atoms with E-state index < -0.39 is 5.60 Å². The number of carbonyl (C=O) groups excluding carboxylic acids is 2. The number of fused-ring (bicyclic) bond motifs is 2. The lowest BCUT2D eigenvalue weighted by Gasteiger charge is -2.35. The first kappa shape index (κ1) is 20.5. The van der Waals surface area contributed by atoms with Crippen molar-refractivity contribution in [3.63, 3.8) is 0 Å². The molecule has 5 nitrogen and oxygen atoms in total. The molecule has 0 spiro atoms. The van der Waals surface area contributed by atoms with Gasteiger partial charge in [0.2, 0.25) is 0 Å². The summed E-state index contributed by atoms with van der Waals surface area (Å²) in [5.41, 5.74) is 4.94. The molecule has 0 aliphatic carbocycles. The molecule has 2 amide bonds. The van der Waals surface area contributed by atoms with E-state index in [-0.39, 0.29) is 18.0 Å². The monoisotopic (exact) mass is 406 g/mol. The van der Waals surface area contributed by atoms with E-state index in [1.165, 1.54) is 16.7 Å². The molecular weight excluding hydrogens is 376 g/mol. The minimum atomic E-state index is -0.518. The number of carbonyl (C=O) groups is 2. The number of rotatable bonds is 1. The zero-order valence-corrected chi connectivity index (χ0v) is 18.3. The van der Waals surface area contributed by atoms with E-state index in [9.17, 15) is 9.59 Å². The summed E-state index contributed by atoms with van der Waals surface area (Å²) in [7, 11) is 0. The van der Waals surface area contributed by atoms with Crippen molar-refractivity contribution in [2.75, 3.05) is 6.54 Å². The van der Waals surface area contributed by atoms with Gasteiger partial charge in [-0.25, -0.2) is 4.79 Å². The minimum Gasteiger partial charge on any atom is -0.444 e. The zero-order valence-electron chi connectivity index (χ0n) is 18.3. The van der Waals surface area contributed by atoms with Gasteiger partial charge in [-0.1, -0.05) is 30.3 Å². The summed E-state index contributed by atoms with van der Waals surface area (Å²) in [5.74, 6) is 0.0502. The normalized spacial score (nSPS) is 18.5. The molecule has 2 aliphatic heterocycles. The molecule has 1 atom stereocenters. The van der Waals surface area contributed by atoms with Crippen molar-refractivity contribution in [2.24, 2.45) is 0 Å². The molecule has 2 aromatic carbocycles. The fraction of sp³-hybridized carbons (Fsp3) is 0.440. The molecule has 2 aliphatic rings. The smallest absolute Gasteiger partial charge is 0.410 e. The standard InChI is InChI=1S/C25H30N2O3/c1-17-13-19-7-5-6-8-21(19)16-27(17)23(28)20-10-9-18-11-12-26(15-22(18)14-20)24(29)30-25(2,3)4/h5-10,14,17H,11-13,15-16H2,1-4H3/t17-/m1/s1. The van der Waals surface area contributed by atoms with E-state index in [2.05, 4.69) is 25.1 Å². The van der Waals surface area contributed by atoms with Crippen LogP contribution in [0.2, 0.25) is 0 Å². The molecule has 30 heavy (non-hydrogen) atoms. The predicted octanol–water partition coefficient (Wildman–Crippen LogP) is 4.57. The number of ether oxygens (including phenoxy) is 1. The average molecular weight is 407 g/mol. The second-order valence-corrected chi connectivity index (χ2v) is 9.39. The van der Waals surface area contributed by atoms with Crippen LogP contribution >= 0.6 is 0 Å². The Balaban J connectivity index is 1.52. The van der Waals surface area contributed by atoms with Crippen molar-refractivity contribution in [3.05, 3.63) is 70.3 Å². The number of hydrogen-bond donors (Lipinski definition) is 0. The van der Waals surface area contributed by atoms with E-state index in [1.807, 2.05) is 49.9 Å². The van der Waals surface area contributed by atoms with E-state index in [0.717, 1.165) is 18.4 Å². The van der Waals surface area contributed by atoms with Crippen molar-refractivity contribution < 1.29 is 14.3 Å². The van der Waals surface area contributed by atoms with Gasteiger partial charge < -0.3 is 14.5 Å². The molecule has 0 bridgehead atoms. The van der Waals surface area contributed by atoms with E-state index >= 15 is 0 Å². The molecule has 0 radical (unpaired) electrons. The van der Waals surface area contributed by atoms with Crippen LogP contribution in [0.1, 0.15) is 60.3 Å². The van der Waals surface area contributed by atoms with Crippen LogP contribution in [0.25, 0.3) is 0 Å². The van der Waals surface area contributed by atoms with E-state index in [0.29, 0.717) is 25.2 Å². The molecule has 0 saturated heterocycles. The van der Waals surface area contributed by atoms with Gasteiger partial charge in [0.15, 0.2) is 0 Å². The highest BCUT2D eigenvalue weighted by molar-refractivity contribution is 5.95. The molecule has 4 rings (SSSR count). The summed E-state index contributed by atoms with van der Waals surface area (Å²) in [4.78, 5) is 29.5. The van der Waals surface area contributed by atoms with Gasteiger partial charge >= 0.3 is 6.09 Å². The summed E-state index contributed by atoms with van der Waals surface area (Å²) in [5, 5.41) is 0. The highest BCUT2D eigenvalue weighted by Crippen LogP contribution is 2.27. The maximum Gasteiger partial charge on any atom is 0.410 e.